The minimum atomic E-state index is 0.799. The summed E-state index contributed by atoms with van der Waals surface area (Å²) in [5, 5.41) is 0. The maximum Gasteiger partial charge on any atom is 0.139 e. The molecule has 0 aliphatic rings. The zero-order valence-corrected chi connectivity index (χ0v) is 23.6. The van der Waals surface area contributed by atoms with Gasteiger partial charge in [0.15, 0.2) is 0 Å². The zero-order valence-electron chi connectivity index (χ0n) is 23.6. The Morgan fingerprint density at radius 2 is 0.721 bits per heavy atom. The summed E-state index contributed by atoms with van der Waals surface area (Å²) in [6.45, 7) is 0. The van der Waals surface area contributed by atoms with E-state index in [1.807, 2.05) is 42.5 Å². The molecule has 0 amide bonds. The smallest absolute Gasteiger partial charge is 0.139 e. The third-order valence-corrected chi connectivity index (χ3v) is 7.51. The quantitative estimate of drug-likeness (QED) is 0.197. The fourth-order valence-corrected chi connectivity index (χ4v) is 5.38. The average molecular weight is 552 g/mol. The molecule has 43 heavy (non-hydrogen) atoms. The molecule has 0 radical (unpaired) electrons. The Morgan fingerprint density at radius 1 is 0.302 bits per heavy atom. The van der Waals surface area contributed by atoms with E-state index in [0.29, 0.717) is 0 Å². The van der Waals surface area contributed by atoms with Crippen molar-refractivity contribution >= 4 is 17.3 Å². The van der Waals surface area contributed by atoms with Gasteiger partial charge in [0.05, 0.1) is 17.1 Å². The maximum atomic E-state index is 5.17. The van der Waals surface area contributed by atoms with Gasteiger partial charge in [-0.1, -0.05) is 146 Å². The molecule has 0 aliphatic carbocycles. The molecule has 204 valence electrons. The number of benzene rings is 5. The first-order chi connectivity index (χ1) is 21.3. The first kappa shape index (κ1) is 26.1. The van der Waals surface area contributed by atoms with Crippen LogP contribution in [-0.4, -0.2) is 9.97 Å². The molecular weight excluding hydrogens is 522 g/mol. The molecule has 7 rings (SSSR count). The van der Waals surface area contributed by atoms with Gasteiger partial charge < -0.3 is 0 Å². The van der Waals surface area contributed by atoms with Gasteiger partial charge in [-0.15, -0.1) is 0 Å². The van der Waals surface area contributed by atoms with Gasteiger partial charge in [-0.3, -0.25) is 4.90 Å². The third-order valence-electron chi connectivity index (χ3n) is 7.51. The highest BCUT2D eigenvalue weighted by Gasteiger charge is 2.20. The van der Waals surface area contributed by atoms with E-state index in [2.05, 4.69) is 138 Å². The monoisotopic (exact) mass is 551 g/mol. The fourth-order valence-electron chi connectivity index (χ4n) is 5.38. The van der Waals surface area contributed by atoms with E-state index in [1.54, 1.807) is 0 Å². The van der Waals surface area contributed by atoms with E-state index in [0.717, 1.165) is 51.0 Å². The molecule has 0 unspecified atom stereocenters. The van der Waals surface area contributed by atoms with Gasteiger partial charge in [0, 0.05) is 16.7 Å². The van der Waals surface area contributed by atoms with Crippen LogP contribution in [0.3, 0.4) is 0 Å². The summed E-state index contributed by atoms with van der Waals surface area (Å²) in [7, 11) is 0. The van der Waals surface area contributed by atoms with Crippen molar-refractivity contribution in [3.8, 4) is 44.8 Å². The molecule has 5 aromatic carbocycles. The number of pyridine rings is 2. The molecule has 0 spiro atoms. The van der Waals surface area contributed by atoms with Crippen LogP contribution in [-0.2, 0) is 0 Å². The minimum Gasteiger partial charge on any atom is -0.278 e. The largest absolute Gasteiger partial charge is 0.278 e. The van der Waals surface area contributed by atoms with Gasteiger partial charge >= 0.3 is 0 Å². The molecule has 3 nitrogen and oxygen atoms in total. The summed E-state index contributed by atoms with van der Waals surface area (Å²) < 4.78 is 0. The maximum absolute atomic E-state index is 5.17. The lowest BCUT2D eigenvalue weighted by Crippen LogP contribution is -2.14. The topological polar surface area (TPSA) is 29.0 Å². The van der Waals surface area contributed by atoms with Crippen LogP contribution in [0.15, 0.2) is 176 Å². The highest BCUT2D eigenvalue weighted by molar-refractivity contribution is 5.87. The van der Waals surface area contributed by atoms with Crippen LogP contribution in [0.25, 0.3) is 44.8 Å². The van der Waals surface area contributed by atoms with E-state index >= 15 is 0 Å². The summed E-state index contributed by atoms with van der Waals surface area (Å²) in [4.78, 5) is 12.5. The Hall–Kier alpha value is -5.80. The third kappa shape index (κ3) is 5.57. The van der Waals surface area contributed by atoms with E-state index in [1.165, 1.54) is 11.1 Å². The average Bonchev–Trinajstić information content (AvgIpc) is 3.10. The molecular formula is C40H29N3. The standard InChI is InChI=1S/C40H29N3/c1-4-14-30(15-5-1)31-26-28-32(29-27-31)35-20-10-11-23-38(35)43(39-24-12-21-36(41-39)33-16-6-2-7-17-33)40-25-13-22-37(42-40)34-18-8-3-9-19-34/h1-29H. The normalized spacial score (nSPS) is 10.8. The minimum absolute atomic E-state index is 0.799. The van der Waals surface area contributed by atoms with Crippen molar-refractivity contribution < 1.29 is 0 Å². The van der Waals surface area contributed by atoms with Crippen molar-refractivity contribution in [2.24, 2.45) is 0 Å². The lowest BCUT2D eigenvalue weighted by atomic mass is 9.98. The Balaban J connectivity index is 1.38. The number of rotatable bonds is 7. The molecule has 0 saturated carbocycles. The summed E-state index contributed by atoms with van der Waals surface area (Å²) in [6.07, 6.45) is 0. The lowest BCUT2D eigenvalue weighted by Gasteiger charge is -2.26. The molecule has 2 aromatic heterocycles. The number of anilines is 3. The number of para-hydroxylation sites is 1. The molecule has 0 saturated heterocycles. The second kappa shape index (κ2) is 12.0. The van der Waals surface area contributed by atoms with Crippen LogP contribution in [0.4, 0.5) is 17.3 Å². The molecule has 0 bridgehead atoms. The van der Waals surface area contributed by atoms with Crippen LogP contribution in [0.5, 0.6) is 0 Å². The Kier molecular flexibility index (Phi) is 7.27. The lowest BCUT2D eigenvalue weighted by molar-refractivity contribution is 1.13. The van der Waals surface area contributed by atoms with Gasteiger partial charge in [-0.2, -0.15) is 0 Å². The summed E-state index contributed by atoms with van der Waals surface area (Å²) in [6, 6.07) is 60.7. The van der Waals surface area contributed by atoms with Crippen LogP contribution >= 0.6 is 0 Å². The summed E-state index contributed by atoms with van der Waals surface area (Å²) >= 11 is 0. The van der Waals surface area contributed by atoms with Gasteiger partial charge in [-0.25, -0.2) is 9.97 Å². The molecule has 0 N–H and O–H groups in total. The predicted octanol–water partition coefficient (Wildman–Crippen LogP) is 10.6. The van der Waals surface area contributed by atoms with Crippen LogP contribution in [0.1, 0.15) is 0 Å². The highest BCUT2D eigenvalue weighted by atomic mass is 15.2. The zero-order chi connectivity index (χ0) is 28.8. The van der Waals surface area contributed by atoms with Crippen molar-refractivity contribution in [2.45, 2.75) is 0 Å². The number of aromatic nitrogens is 2. The second-order valence-electron chi connectivity index (χ2n) is 10.3. The second-order valence-corrected chi connectivity index (χ2v) is 10.3. The first-order valence-electron chi connectivity index (χ1n) is 14.4. The van der Waals surface area contributed by atoms with Crippen LogP contribution < -0.4 is 4.90 Å². The molecule has 7 aromatic rings. The summed E-state index contributed by atoms with van der Waals surface area (Å²) in [5.41, 5.74) is 9.57. The van der Waals surface area contributed by atoms with Crippen molar-refractivity contribution in [2.75, 3.05) is 4.90 Å². The number of hydrogen-bond donors (Lipinski definition) is 0. The van der Waals surface area contributed by atoms with E-state index in [4.69, 9.17) is 9.97 Å². The van der Waals surface area contributed by atoms with Crippen molar-refractivity contribution in [3.05, 3.63) is 176 Å². The van der Waals surface area contributed by atoms with Gasteiger partial charge in [0.2, 0.25) is 0 Å². The fraction of sp³-hybridized carbons (Fsp3) is 0. The van der Waals surface area contributed by atoms with E-state index < -0.39 is 0 Å². The molecule has 2 heterocycles. The molecule has 0 atom stereocenters. The van der Waals surface area contributed by atoms with E-state index in [-0.39, 0.29) is 0 Å². The Labute approximate surface area is 252 Å². The van der Waals surface area contributed by atoms with Crippen LogP contribution in [0, 0.1) is 0 Å². The van der Waals surface area contributed by atoms with Gasteiger partial charge in [0.1, 0.15) is 11.6 Å². The highest BCUT2D eigenvalue weighted by Crippen LogP contribution is 2.40. The molecule has 0 fully saturated rings. The molecule has 0 aliphatic heterocycles. The predicted molar refractivity (Wildman–Crippen MR) is 178 cm³/mol. The van der Waals surface area contributed by atoms with Gasteiger partial charge in [-0.05, 0) is 47.0 Å². The first-order valence-corrected chi connectivity index (χ1v) is 14.4. The van der Waals surface area contributed by atoms with Crippen molar-refractivity contribution in [3.63, 3.8) is 0 Å². The van der Waals surface area contributed by atoms with E-state index in [9.17, 15) is 0 Å². The molecule has 3 heteroatoms. The van der Waals surface area contributed by atoms with Crippen LogP contribution in [0.2, 0.25) is 0 Å². The Morgan fingerprint density at radius 3 is 1.26 bits per heavy atom. The van der Waals surface area contributed by atoms with Crippen molar-refractivity contribution in [1.29, 1.82) is 0 Å². The van der Waals surface area contributed by atoms with Crippen molar-refractivity contribution in [1.82, 2.24) is 9.97 Å². The number of nitrogens with zero attached hydrogens (tertiary/aromatic N) is 3. The SMILES string of the molecule is c1ccc(-c2ccc(-c3ccccc3N(c3cccc(-c4ccccc4)n3)c3cccc(-c4ccccc4)n3)cc2)cc1. The Bertz CT molecular complexity index is 1870. The summed E-state index contributed by atoms with van der Waals surface area (Å²) in [5.74, 6) is 1.60. The van der Waals surface area contributed by atoms with Gasteiger partial charge in [0.25, 0.3) is 0 Å². The number of hydrogen-bond acceptors (Lipinski definition) is 3.